The molecule has 0 amide bonds. The maximum atomic E-state index is 5.32. The molecule has 2 aromatic heterocycles. The lowest BCUT2D eigenvalue weighted by molar-refractivity contribution is 0.408. The molecule has 0 atom stereocenters. The molecule has 2 heterocycles. The van der Waals surface area contributed by atoms with E-state index >= 15 is 0 Å². The number of nitrogens with one attached hydrogen (secondary N) is 1. The zero-order valence-corrected chi connectivity index (χ0v) is 11.7. The van der Waals surface area contributed by atoms with E-state index in [2.05, 4.69) is 31.1 Å². The number of fused-ring (bicyclic) bond motifs is 1. The summed E-state index contributed by atoms with van der Waals surface area (Å²) in [5, 5.41) is 3.79. The van der Waals surface area contributed by atoms with Gasteiger partial charge in [0.25, 0.3) is 0 Å². The predicted octanol–water partition coefficient (Wildman–Crippen LogP) is 3.09. The molecule has 1 N–H and O–H groups in total. The van der Waals surface area contributed by atoms with Crippen molar-refractivity contribution in [3.63, 3.8) is 0 Å². The lowest BCUT2D eigenvalue weighted by Crippen LogP contribution is -2.02. The summed E-state index contributed by atoms with van der Waals surface area (Å²) in [6.07, 6.45) is 2.02. The van der Waals surface area contributed by atoms with Crippen LogP contribution in [0.4, 0.5) is 0 Å². The van der Waals surface area contributed by atoms with Crippen molar-refractivity contribution in [3.05, 3.63) is 39.7 Å². The van der Waals surface area contributed by atoms with Crippen molar-refractivity contribution in [1.82, 2.24) is 19.7 Å². The number of aromatic amines is 1. The minimum Gasteiger partial charge on any atom is -0.343 e. The number of benzene rings is 1. The Morgan fingerprint density at radius 1 is 1.44 bits per heavy atom. The molecule has 0 aliphatic carbocycles. The maximum absolute atomic E-state index is 5.32. The van der Waals surface area contributed by atoms with Crippen LogP contribution in [0.15, 0.2) is 33.6 Å². The van der Waals surface area contributed by atoms with Gasteiger partial charge in [-0.05, 0) is 30.4 Å². The quantitative estimate of drug-likeness (QED) is 0.752. The highest BCUT2D eigenvalue weighted by molar-refractivity contribution is 9.10. The van der Waals surface area contributed by atoms with Crippen LogP contribution in [-0.2, 0) is 13.0 Å². The van der Waals surface area contributed by atoms with Crippen molar-refractivity contribution in [2.24, 2.45) is 0 Å². The predicted molar refractivity (Wildman–Crippen MR) is 72.8 cm³/mol. The summed E-state index contributed by atoms with van der Waals surface area (Å²) < 4.78 is 8.47. The number of nitrogens with zero attached hydrogens (tertiary/aromatic N) is 3. The lowest BCUT2D eigenvalue weighted by atomic mass is 10.3. The Hall–Kier alpha value is -1.47. The number of aromatic nitrogens is 4. The van der Waals surface area contributed by atoms with Gasteiger partial charge < -0.3 is 14.1 Å². The average Bonchev–Trinajstić information content (AvgIpc) is 2.94. The van der Waals surface area contributed by atoms with Crippen LogP contribution in [0.3, 0.4) is 0 Å². The molecule has 3 rings (SSSR count). The summed E-state index contributed by atoms with van der Waals surface area (Å²) in [4.78, 5) is 7.18. The Morgan fingerprint density at radius 2 is 2.33 bits per heavy atom. The molecule has 18 heavy (non-hydrogen) atoms. The van der Waals surface area contributed by atoms with Crippen LogP contribution in [0, 0.1) is 4.77 Å². The maximum Gasteiger partial charge on any atom is 0.213 e. The Bertz CT molecular complexity index is 731. The van der Waals surface area contributed by atoms with Gasteiger partial charge in [0.05, 0.1) is 11.0 Å². The average molecular weight is 325 g/mol. The summed E-state index contributed by atoms with van der Waals surface area (Å²) in [5.74, 6) is 0.682. The first-order chi connectivity index (χ1) is 8.74. The summed E-state index contributed by atoms with van der Waals surface area (Å²) >= 11 is 8.78. The van der Waals surface area contributed by atoms with Gasteiger partial charge in [0.1, 0.15) is 0 Å². The second-order valence-electron chi connectivity index (χ2n) is 3.84. The van der Waals surface area contributed by atoms with E-state index in [0.29, 0.717) is 17.0 Å². The van der Waals surface area contributed by atoms with Gasteiger partial charge in [0.2, 0.25) is 6.39 Å². The largest absolute Gasteiger partial charge is 0.343 e. The number of imidazole rings is 1. The van der Waals surface area contributed by atoms with E-state index in [1.54, 1.807) is 0 Å². The van der Waals surface area contributed by atoms with Crippen LogP contribution in [0.2, 0.25) is 0 Å². The van der Waals surface area contributed by atoms with Gasteiger partial charge >= 0.3 is 0 Å². The number of halogens is 1. The number of hydrogen-bond acceptors (Lipinski definition) is 4. The number of H-pyrrole nitrogens is 1. The van der Waals surface area contributed by atoms with E-state index in [1.807, 2.05) is 22.8 Å². The van der Waals surface area contributed by atoms with E-state index in [-0.39, 0.29) is 0 Å². The molecule has 7 heteroatoms. The second kappa shape index (κ2) is 4.66. The Kier molecular flexibility index (Phi) is 3.00. The van der Waals surface area contributed by atoms with E-state index in [9.17, 15) is 0 Å². The van der Waals surface area contributed by atoms with Gasteiger partial charge in [-0.1, -0.05) is 21.1 Å². The first kappa shape index (κ1) is 11.6. The van der Waals surface area contributed by atoms with Gasteiger partial charge in [-0.25, -0.2) is 0 Å². The molecule has 92 valence electrons. The van der Waals surface area contributed by atoms with E-state index in [4.69, 9.17) is 16.7 Å². The minimum absolute atomic E-state index is 0.682. The zero-order valence-electron chi connectivity index (χ0n) is 9.26. The fraction of sp³-hybridized carbons (Fsp3) is 0.182. The molecule has 0 spiro atoms. The standard InChI is InChI=1S/C11H9BrN4OS/c12-7-1-2-8-9(5-7)16(11(18)14-8)4-3-10-13-6-17-15-10/h1-2,5-6H,3-4H2,(H,14,18). The van der Waals surface area contributed by atoms with Crippen molar-refractivity contribution in [1.29, 1.82) is 0 Å². The summed E-state index contributed by atoms with van der Waals surface area (Å²) in [6, 6.07) is 6.02. The van der Waals surface area contributed by atoms with Crippen molar-refractivity contribution in [3.8, 4) is 0 Å². The van der Waals surface area contributed by atoms with E-state index in [0.717, 1.165) is 22.1 Å². The molecule has 5 nitrogen and oxygen atoms in total. The van der Waals surface area contributed by atoms with Crippen LogP contribution in [0.1, 0.15) is 5.82 Å². The minimum atomic E-state index is 0.682. The van der Waals surface area contributed by atoms with Crippen LogP contribution >= 0.6 is 28.1 Å². The molecule has 0 unspecified atom stereocenters. The van der Waals surface area contributed by atoms with Crippen molar-refractivity contribution >= 4 is 39.2 Å². The Morgan fingerprint density at radius 3 is 3.11 bits per heavy atom. The molecule has 3 aromatic rings. The molecule has 0 aliphatic rings. The highest BCUT2D eigenvalue weighted by Crippen LogP contribution is 2.19. The topological polar surface area (TPSA) is 59.6 Å². The van der Waals surface area contributed by atoms with Crippen molar-refractivity contribution in [2.75, 3.05) is 0 Å². The smallest absolute Gasteiger partial charge is 0.213 e. The Balaban J connectivity index is 1.98. The molecular formula is C11H9BrN4OS. The summed E-state index contributed by atoms with van der Waals surface area (Å²) in [5.41, 5.74) is 2.09. The first-order valence-corrected chi connectivity index (χ1v) is 6.57. The first-order valence-electron chi connectivity index (χ1n) is 5.37. The third kappa shape index (κ3) is 2.11. The summed E-state index contributed by atoms with van der Waals surface area (Å²) in [7, 11) is 0. The van der Waals surface area contributed by atoms with Crippen LogP contribution in [0.25, 0.3) is 11.0 Å². The molecule has 0 fully saturated rings. The second-order valence-corrected chi connectivity index (χ2v) is 5.14. The molecule has 0 bridgehead atoms. The van der Waals surface area contributed by atoms with Crippen LogP contribution in [-0.4, -0.2) is 19.7 Å². The molecule has 1 aromatic carbocycles. The lowest BCUT2D eigenvalue weighted by Gasteiger charge is -2.02. The van der Waals surface area contributed by atoms with Gasteiger partial charge in [-0.3, -0.25) is 0 Å². The molecule has 0 saturated carbocycles. The van der Waals surface area contributed by atoms with Crippen LogP contribution in [0.5, 0.6) is 0 Å². The normalized spacial score (nSPS) is 11.2. The Labute approximate surface area is 116 Å². The van der Waals surface area contributed by atoms with Crippen molar-refractivity contribution in [2.45, 2.75) is 13.0 Å². The fourth-order valence-electron chi connectivity index (χ4n) is 1.86. The fourth-order valence-corrected chi connectivity index (χ4v) is 2.51. The van der Waals surface area contributed by atoms with Gasteiger partial charge in [-0.2, -0.15) is 4.98 Å². The van der Waals surface area contributed by atoms with Crippen LogP contribution < -0.4 is 0 Å². The molecule has 0 saturated heterocycles. The number of aryl methyl sites for hydroxylation is 2. The molecule has 0 radical (unpaired) electrons. The van der Waals surface area contributed by atoms with Gasteiger partial charge in [0.15, 0.2) is 10.6 Å². The third-order valence-electron chi connectivity index (χ3n) is 2.70. The van der Waals surface area contributed by atoms with E-state index < -0.39 is 0 Å². The number of hydrogen-bond donors (Lipinski definition) is 1. The van der Waals surface area contributed by atoms with Gasteiger partial charge in [-0.15, -0.1) is 0 Å². The monoisotopic (exact) mass is 324 g/mol. The van der Waals surface area contributed by atoms with Crippen molar-refractivity contribution < 1.29 is 4.52 Å². The summed E-state index contributed by atoms with van der Waals surface area (Å²) in [6.45, 7) is 0.717. The molecule has 0 aliphatic heterocycles. The third-order valence-corrected chi connectivity index (χ3v) is 3.52. The molecular weight excluding hydrogens is 316 g/mol. The number of rotatable bonds is 3. The van der Waals surface area contributed by atoms with E-state index in [1.165, 1.54) is 6.39 Å². The zero-order chi connectivity index (χ0) is 12.5. The highest BCUT2D eigenvalue weighted by Gasteiger charge is 2.06. The van der Waals surface area contributed by atoms with Gasteiger partial charge in [0, 0.05) is 17.4 Å². The highest BCUT2D eigenvalue weighted by atomic mass is 79.9. The SMILES string of the molecule is S=c1[nH]c2ccc(Br)cc2n1CCc1ncon1.